The van der Waals surface area contributed by atoms with E-state index in [2.05, 4.69) is 31.1 Å². The van der Waals surface area contributed by atoms with Gasteiger partial charge in [-0.25, -0.2) is 0 Å². The number of rotatable bonds is 1. The van der Waals surface area contributed by atoms with E-state index in [0.29, 0.717) is 11.0 Å². The van der Waals surface area contributed by atoms with E-state index in [9.17, 15) is 0 Å². The van der Waals surface area contributed by atoms with Gasteiger partial charge in [-0.1, -0.05) is 6.92 Å². The fraction of sp³-hybridized carbons (Fsp3) is 0.818. The lowest BCUT2D eigenvalue weighted by molar-refractivity contribution is -0.0118. The van der Waals surface area contributed by atoms with E-state index in [-0.39, 0.29) is 0 Å². The van der Waals surface area contributed by atoms with Crippen LogP contribution in [0.4, 0.5) is 0 Å². The normalized spacial score (nSPS) is 44.8. The number of hydrogen-bond acceptors (Lipinski definition) is 1. The summed E-state index contributed by atoms with van der Waals surface area (Å²) in [6.45, 7) is 2.40. The molecule has 1 saturated carbocycles. The number of hydrogen-bond donors (Lipinski definition) is 1. The van der Waals surface area contributed by atoms with Crippen LogP contribution in [0.3, 0.4) is 0 Å². The van der Waals surface area contributed by atoms with Gasteiger partial charge in [0.25, 0.3) is 0 Å². The molecular formula is C11H17N. The van der Waals surface area contributed by atoms with Gasteiger partial charge in [-0.3, -0.25) is 0 Å². The summed E-state index contributed by atoms with van der Waals surface area (Å²) in [6, 6.07) is 0. The Morgan fingerprint density at radius 1 is 1.17 bits per heavy atom. The highest BCUT2D eigenvalue weighted by Gasteiger charge is 2.54. The zero-order valence-electron chi connectivity index (χ0n) is 8.04. The van der Waals surface area contributed by atoms with Gasteiger partial charge in [-0.05, 0) is 31.7 Å². The van der Waals surface area contributed by atoms with E-state index in [4.69, 9.17) is 0 Å². The van der Waals surface area contributed by atoms with E-state index < -0.39 is 0 Å². The Hall–Kier alpha value is -0.480. The molecule has 0 amide bonds. The molecule has 0 bridgehead atoms. The van der Waals surface area contributed by atoms with Crippen LogP contribution in [-0.2, 0) is 0 Å². The van der Waals surface area contributed by atoms with Crippen molar-refractivity contribution in [3.8, 4) is 11.8 Å². The molecule has 1 fully saturated rings. The standard InChI is InChI=1S/C11H17N/c1-10-6-4-3-5-7-11(10,12-2)9-8-10/h12H,4,6-9H2,1-2H3. The molecule has 1 heteroatoms. The van der Waals surface area contributed by atoms with E-state index in [1.165, 1.54) is 19.3 Å². The molecular weight excluding hydrogens is 146 g/mol. The Morgan fingerprint density at radius 3 is 2.58 bits per heavy atom. The number of fused-ring (bicyclic) bond motifs is 1. The van der Waals surface area contributed by atoms with Crippen molar-refractivity contribution in [3.05, 3.63) is 0 Å². The summed E-state index contributed by atoms with van der Waals surface area (Å²) in [5.74, 6) is 6.53. The molecule has 2 atom stereocenters. The highest BCUT2D eigenvalue weighted by Crippen LogP contribution is 2.54. The molecule has 0 saturated heterocycles. The fourth-order valence-electron chi connectivity index (χ4n) is 2.67. The molecule has 0 aliphatic heterocycles. The summed E-state index contributed by atoms with van der Waals surface area (Å²) in [7, 11) is 2.09. The summed E-state index contributed by atoms with van der Waals surface area (Å²) in [6.07, 6.45) is 6.12. The molecule has 0 spiro atoms. The smallest absolute Gasteiger partial charge is 0.0342 e. The van der Waals surface area contributed by atoms with Crippen LogP contribution in [0.1, 0.15) is 39.0 Å². The second kappa shape index (κ2) is 2.50. The van der Waals surface area contributed by atoms with Crippen molar-refractivity contribution in [2.24, 2.45) is 5.41 Å². The van der Waals surface area contributed by atoms with E-state index in [1.54, 1.807) is 0 Å². The van der Waals surface area contributed by atoms with Crippen molar-refractivity contribution in [2.75, 3.05) is 7.05 Å². The molecule has 1 N–H and O–H groups in total. The molecule has 1 nitrogen and oxygen atoms in total. The molecule has 2 aliphatic carbocycles. The van der Waals surface area contributed by atoms with Crippen molar-refractivity contribution in [1.82, 2.24) is 5.32 Å². The Labute approximate surface area is 74.9 Å². The lowest BCUT2D eigenvalue weighted by Crippen LogP contribution is -2.62. The minimum absolute atomic E-state index is 0.358. The minimum Gasteiger partial charge on any atom is -0.313 e. The van der Waals surface area contributed by atoms with Gasteiger partial charge in [-0.15, -0.1) is 11.8 Å². The Bertz CT molecular complexity index is 243. The molecule has 2 aliphatic rings. The molecule has 2 unspecified atom stereocenters. The second-order valence-corrected chi connectivity index (χ2v) is 4.42. The van der Waals surface area contributed by atoms with Gasteiger partial charge in [0, 0.05) is 18.4 Å². The maximum Gasteiger partial charge on any atom is 0.0342 e. The van der Waals surface area contributed by atoms with Crippen molar-refractivity contribution < 1.29 is 0 Å². The van der Waals surface area contributed by atoms with E-state index in [1.807, 2.05) is 0 Å². The minimum atomic E-state index is 0.358. The van der Waals surface area contributed by atoms with E-state index >= 15 is 0 Å². The van der Waals surface area contributed by atoms with Gasteiger partial charge in [0.15, 0.2) is 0 Å². The van der Waals surface area contributed by atoms with Gasteiger partial charge in [-0.2, -0.15) is 0 Å². The van der Waals surface area contributed by atoms with Crippen LogP contribution in [0.2, 0.25) is 0 Å². The quantitative estimate of drug-likeness (QED) is 0.582. The average molecular weight is 163 g/mol. The van der Waals surface area contributed by atoms with Gasteiger partial charge < -0.3 is 5.32 Å². The highest BCUT2D eigenvalue weighted by molar-refractivity contribution is 5.20. The van der Waals surface area contributed by atoms with Crippen LogP contribution in [0, 0.1) is 17.3 Å². The van der Waals surface area contributed by atoms with E-state index in [0.717, 1.165) is 12.8 Å². The van der Waals surface area contributed by atoms with Crippen LogP contribution in [0.5, 0.6) is 0 Å². The zero-order valence-corrected chi connectivity index (χ0v) is 8.04. The number of nitrogens with one attached hydrogen (secondary N) is 1. The van der Waals surface area contributed by atoms with Gasteiger partial charge in [0.2, 0.25) is 0 Å². The van der Waals surface area contributed by atoms with Crippen LogP contribution in [-0.4, -0.2) is 12.6 Å². The van der Waals surface area contributed by atoms with Gasteiger partial charge >= 0.3 is 0 Å². The maximum atomic E-state index is 3.49. The first-order chi connectivity index (χ1) is 5.72. The van der Waals surface area contributed by atoms with Gasteiger partial charge in [0.05, 0.1) is 0 Å². The molecule has 0 radical (unpaired) electrons. The first kappa shape index (κ1) is 8.13. The summed E-state index contributed by atoms with van der Waals surface area (Å²) >= 11 is 0. The third kappa shape index (κ3) is 0.850. The molecule has 2 rings (SSSR count). The summed E-state index contributed by atoms with van der Waals surface area (Å²) < 4.78 is 0. The maximum absolute atomic E-state index is 3.49. The lowest BCUT2D eigenvalue weighted by Gasteiger charge is -2.57. The van der Waals surface area contributed by atoms with Crippen molar-refractivity contribution >= 4 is 0 Å². The predicted octanol–water partition coefficient (Wildman–Crippen LogP) is 1.93. The zero-order chi connectivity index (χ0) is 8.66. The Kier molecular flexibility index (Phi) is 1.70. The second-order valence-electron chi connectivity index (χ2n) is 4.42. The van der Waals surface area contributed by atoms with Crippen molar-refractivity contribution in [3.63, 3.8) is 0 Å². The summed E-state index contributed by atoms with van der Waals surface area (Å²) in [5, 5.41) is 3.49. The Morgan fingerprint density at radius 2 is 2.00 bits per heavy atom. The predicted molar refractivity (Wildman–Crippen MR) is 50.8 cm³/mol. The highest BCUT2D eigenvalue weighted by atomic mass is 15.0. The average Bonchev–Trinajstić information content (AvgIpc) is 2.17. The molecule has 12 heavy (non-hydrogen) atoms. The van der Waals surface area contributed by atoms with Crippen LogP contribution in [0.15, 0.2) is 0 Å². The SMILES string of the molecule is CNC12CC#CCCC1(C)CC2. The lowest BCUT2D eigenvalue weighted by atomic mass is 9.53. The Balaban J connectivity index is 2.24. The molecule has 0 aromatic rings. The topological polar surface area (TPSA) is 12.0 Å². The summed E-state index contributed by atoms with van der Waals surface area (Å²) in [4.78, 5) is 0. The molecule has 66 valence electrons. The fourth-order valence-corrected chi connectivity index (χ4v) is 2.67. The summed E-state index contributed by atoms with van der Waals surface area (Å²) in [5.41, 5.74) is 0.870. The van der Waals surface area contributed by atoms with Crippen LogP contribution in [0.25, 0.3) is 0 Å². The molecule has 0 heterocycles. The third-order valence-corrected chi connectivity index (χ3v) is 4.05. The molecule has 0 aromatic heterocycles. The largest absolute Gasteiger partial charge is 0.313 e. The van der Waals surface area contributed by atoms with Crippen LogP contribution < -0.4 is 5.32 Å². The van der Waals surface area contributed by atoms with Crippen molar-refractivity contribution in [1.29, 1.82) is 0 Å². The first-order valence-corrected chi connectivity index (χ1v) is 4.87. The van der Waals surface area contributed by atoms with Crippen molar-refractivity contribution in [2.45, 2.75) is 44.6 Å². The first-order valence-electron chi connectivity index (χ1n) is 4.87. The monoisotopic (exact) mass is 163 g/mol. The third-order valence-electron chi connectivity index (χ3n) is 4.05. The van der Waals surface area contributed by atoms with Gasteiger partial charge in [0.1, 0.15) is 0 Å². The molecule has 0 aromatic carbocycles. The van der Waals surface area contributed by atoms with Crippen LogP contribution >= 0.6 is 0 Å².